The van der Waals surface area contributed by atoms with E-state index in [-0.39, 0.29) is 17.8 Å². The van der Waals surface area contributed by atoms with Crippen molar-refractivity contribution >= 4 is 5.91 Å². The summed E-state index contributed by atoms with van der Waals surface area (Å²) in [7, 11) is 3.53. The highest BCUT2D eigenvalue weighted by molar-refractivity contribution is 5.75. The maximum atomic E-state index is 11.4. The molecule has 2 rings (SSSR count). The second-order valence-electron chi connectivity index (χ2n) is 5.22. The summed E-state index contributed by atoms with van der Waals surface area (Å²) >= 11 is 0. The van der Waals surface area contributed by atoms with E-state index in [1.165, 1.54) is 0 Å². The first-order valence-corrected chi connectivity index (χ1v) is 6.71. The van der Waals surface area contributed by atoms with Gasteiger partial charge in [-0.05, 0) is 12.8 Å². The molecular formula is C13H23NO4. The van der Waals surface area contributed by atoms with E-state index in [1.54, 1.807) is 19.0 Å². The Morgan fingerprint density at radius 2 is 1.89 bits per heavy atom. The first kappa shape index (κ1) is 13.8. The Hall–Kier alpha value is -0.650. The van der Waals surface area contributed by atoms with Gasteiger partial charge in [-0.1, -0.05) is 0 Å². The van der Waals surface area contributed by atoms with Crippen LogP contribution in [0.25, 0.3) is 0 Å². The molecule has 0 aromatic carbocycles. The number of rotatable bonds is 4. The molecule has 18 heavy (non-hydrogen) atoms. The lowest BCUT2D eigenvalue weighted by Gasteiger charge is -2.35. The SMILES string of the molecule is CN(C)C(=O)CCOC1CCC2(CC1)OCCO2. The van der Waals surface area contributed by atoms with E-state index in [9.17, 15) is 4.79 Å². The van der Waals surface area contributed by atoms with Crippen LogP contribution in [-0.2, 0) is 19.0 Å². The number of amides is 1. The summed E-state index contributed by atoms with van der Waals surface area (Å²) in [5.41, 5.74) is 0. The van der Waals surface area contributed by atoms with Gasteiger partial charge in [-0.15, -0.1) is 0 Å². The Labute approximate surface area is 108 Å². The number of hydrogen-bond acceptors (Lipinski definition) is 4. The molecular weight excluding hydrogens is 234 g/mol. The van der Waals surface area contributed by atoms with Gasteiger partial charge in [-0.25, -0.2) is 0 Å². The molecule has 0 radical (unpaired) electrons. The number of carbonyl (C=O) groups is 1. The van der Waals surface area contributed by atoms with Crippen LogP contribution in [0.15, 0.2) is 0 Å². The molecule has 1 amide bonds. The van der Waals surface area contributed by atoms with Crippen LogP contribution in [0.2, 0.25) is 0 Å². The zero-order valence-electron chi connectivity index (χ0n) is 11.3. The molecule has 1 heterocycles. The van der Waals surface area contributed by atoms with Crippen molar-refractivity contribution in [1.29, 1.82) is 0 Å². The molecule has 1 aliphatic heterocycles. The van der Waals surface area contributed by atoms with E-state index in [1.807, 2.05) is 0 Å². The maximum absolute atomic E-state index is 11.4. The fourth-order valence-corrected chi connectivity index (χ4v) is 2.52. The quantitative estimate of drug-likeness (QED) is 0.758. The van der Waals surface area contributed by atoms with Gasteiger partial charge in [0.2, 0.25) is 5.91 Å². The van der Waals surface area contributed by atoms with Crippen LogP contribution in [0.1, 0.15) is 32.1 Å². The third-order valence-corrected chi connectivity index (χ3v) is 3.68. The van der Waals surface area contributed by atoms with E-state index < -0.39 is 0 Å². The van der Waals surface area contributed by atoms with Crippen molar-refractivity contribution < 1.29 is 19.0 Å². The van der Waals surface area contributed by atoms with Gasteiger partial charge in [0.15, 0.2) is 5.79 Å². The topological polar surface area (TPSA) is 48.0 Å². The number of nitrogens with zero attached hydrogens (tertiary/aromatic N) is 1. The molecule has 5 heteroatoms. The Morgan fingerprint density at radius 3 is 2.44 bits per heavy atom. The highest BCUT2D eigenvalue weighted by Crippen LogP contribution is 2.36. The Morgan fingerprint density at radius 1 is 1.28 bits per heavy atom. The van der Waals surface area contributed by atoms with Crippen molar-refractivity contribution in [1.82, 2.24) is 4.90 Å². The van der Waals surface area contributed by atoms with E-state index in [2.05, 4.69) is 0 Å². The second kappa shape index (κ2) is 5.99. The Bertz CT molecular complexity index is 277. The molecule has 0 unspecified atom stereocenters. The van der Waals surface area contributed by atoms with Crippen LogP contribution in [0.4, 0.5) is 0 Å². The lowest BCUT2D eigenvalue weighted by Crippen LogP contribution is -2.37. The Balaban J connectivity index is 1.63. The molecule has 104 valence electrons. The summed E-state index contributed by atoms with van der Waals surface area (Å²) in [5, 5.41) is 0. The molecule has 0 bridgehead atoms. The zero-order chi connectivity index (χ0) is 13.0. The summed E-state index contributed by atoms with van der Waals surface area (Å²) in [6, 6.07) is 0. The fourth-order valence-electron chi connectivity index (χ4n) is 2.52. The van der Waals surface area contributed by atoms with Crippen LogP contribution >= 0.6 is 0 Å². The molecule has 0 atom stereocenters. The van der Waals surface area contributed by atoms with Crippen LogP contribution in [0, 0.1) is 0 Å². The van der Waals surface area contributed by atoms with Crippen molar-refractivity contribution in [2.75, 3.05) is 33.9 Å². The number of carbonyl (C=O) groups excluding carboxylic acids is 1. The average Bonchev–Trinajstić information content (AvgIpc) is 2.80. The largest absolute Gasteiger partial charge is 0.378 e. The van der Waals surface area contributed by atoms with E-state index in [4.69, 9.17) is 14.2 Å². The minimum absolute atomic E-state index is 0.115. The first-order valence-electron chi connectivity index (χ1n) is 6.71. The highest BCUT2D eigenvalue weighted by atomic mass is 16.7. The standard InChI is InChI=1S/C13H23NO4/c1-14(2)12(15)5-8-16-11-3-6-13(7-4-11)17-9-10-18-13/h11H,3-10H2,1-2H3. The minimum Gasteiger partial charge on any atom is -0.378 e. The number of ether oxygens (including phenoxy) is 3. The van der Waals surface area contributed by atoms with Crippen LogP contribution in [0.5, 0.6) is 0 Å². The van der Waals surface area contributed by atoms with Gasteiger partial charge in [0.25, 0.3) is 0 Å². The molecule has 2 fully saturated rings. The predicted molar refractivity (Wildman–Crippen MR) is 66.2 cm³/mol. The van der Waals surface area contributed by atoms with Crippen molar-refractivity contribution in [3.05, 3.63) is 0 Å². The van der Waals surface area contributed by atoms with Gasteiger partial charge in [0.1, 0.15) is 0 Å². The molecule has 0 aromatic rings. The maximum Gasteiger partial charge on any atom is 0.224 e. The van der Waals surface area contributed by atoms with Crippen LogP contribution < -0.4 is 0 Å². The zero-order valence-corrected chi connectivity index (χ0v) is 11.3. The highest BCUT2D eigenvalue weighted by Gasteiger charge is 2.40. The summed E-state index contributed by atoms with van der Waals surface area (Å²) in [5.74, 6) is -0.205. The van der Waals surface area contributed by atoms with Gasteiger partial charge in [0, 0.05) is 26.9 Å². The first-order chi connectivity index (χ1) is 8.61. The molecule has 1 aliphatic carbocycles. The normalized spacial score (nSPS) is 23.4. The lowest BCUT2D eigenvalue weighted by molar-refractivity contribution is -0.192. The predicted octanol–water partition coefficient (Wildman–Crippen LogP) is 1.17. The van der Waals surface area contributed by atoms with Gasteiger partial charge in [-0.2, -0.15) is 0 Å². The monoisotopic (exact) mass is 257 g/mol. The third-order valence-electron chi connectivity index (χ3n) is 3.68. The van der Waals surface area contributed by atoms with Gasteiger partial charge in [-0.3, -0.25) is 4.79 Å². The van der Waals surface area contributed by atoms with Crippen molar-refractivity contribution in [3.8, 4) is 0 Å². The van der Waals surface area contributed by atoms with Gasteiger partial charge < -0.3 is 19.1 Å². The molecule has 1 saturated carbocycles. The smallest absolute Gasteiger partial charge is 0.224 e. The molecule has 1 spiro atoms. The number of hydrogen-bond donors (Lipinski definition) is 0. The Kier molecular flexibility index (Phi) is 4.59. The summed E-state index contributed by atoms with van der Waals surface area (Å²) in [6.45, 7) is 1.93. The average molecular weight is 257 g/mol. The summed E-state index contributed by atoms with van der Waals surface area (Å²) in [6.07, 6.45) is 4.42. The molecule has 5 nitrogen and oxygen atoms in total. The lowest BCUT2D eigenvalue weighted by atomic mass is 9.92. The fraction of sp³-hybridized carbons (Fsp3) is 0.923. The second-order valence-corrected chi connectivity index (χ2v) is 5.22. The van der Waals surface area contributed by atoms with Gasteiger partial charge in [0.05, 0.1) is 32.3 Å². The van der Waals surface area contributed by atoms with E-state index in [0.717, 1.165) is 25.7 Å². The van der Waals surface area contributed by atoms with Crippen LogP contribution in [0.3, 0.4) is 0 Å². The van der Waals surface area contributed by atoms with Crippen LogP contribution in [-0.4, -0.2) is 56.6 Å². The van der Waals surface area contributed by atoms with E-state index >= 15 is 0 Å². The summed E-state index contributed by atoms with van der Waals surface area (Å²) < 4.78 is 17.1. The molecule has 0 N–H and O–H groups in total. The van der Waals surface area contributed by atoms with Gasteiger partial charge >= 0.3 is 0 Å². The minimum atomic E-state index is -0.320. The van der Waals surface area contributed by atoms with Crippen molar-refractivity contribution in [3.63, 3.8) is 0 Å². The summed E-state index contributed by atoms with van der Waals surface area (Å²) in [4.78, 5) is 13.0. The molecule has 2 aliphatic rings. The van der Waals surface area contributed by atoms with E-state index in [0.29, 0.717) is 26.2 Å². The third kappa shape index (κ3) is 3.43. The van der Waals surface area contributed by atoms with Crippen molar-refractivity contribution in [2.24, 2.45) is 0 Å². The molecule has 0 aromatic heterocycles. The molecule has 1 saturated heterocycles. The van der Waals surface area contributed by atoms with Crippen molar-refractivity contribution in [2.45, 2.75) is 44.0 Å².